The van der Waals surface area contributed by atoms with Gasteiger partial charge >= 0.3 is 0 Å². The zero-order valence-corrected chi connectivity index (χ0v) is 7.68. The van der Waals surface area contributed by atoms with Crippen LogP contribution in [0.15, 0.2) is 6.07 Å². The molecule has 12 heavy (non-hydrogen) atoms. The lowest BCUT2D eigenvalue weighted by atomic mass is 10.4. The molecular formula is C7H9N3OS. The van der Waals surface area contributed by atoms with Crippen molar-refractivity contribution < 1.29 is 4.74 Å². The number of aromatic nitrogens is 2. The minimum absolute atomic E-state index is 0.249. The number of aryl methyl sites for hydroxylation is 1. The monoisotopic (exact) mass is 183 g/mol. The molecule has 0 fully saturated rings. The lowest BCUT2D eigenvalue weighted by Gasteiger charge is -2.02. The number of nitrogens with zero attached hydrogens (tertiary/aromatic N) is 2. The van der Waals surface area contributed by atoms with E-state index in [0.717, 1.165) is 0 Å². The van der Waals surface area contributed by atoms with Crippen LogP contribution >= 0.6 is 12.2 Å². The van der Waals surface area contributed by atoms with Gasteiger partial charge in [0.15, 0.2) is 0 Å². The molecule has 0 saturated carbocycles. The number of thiocarbonyl (C=S) groups is 1. The van der Waals surface area contributed by atoms with Gasteiger partial charge < -0.3 is 10.5 Å². The van der Waals surface area contributed by atoms with Gasteiger partial charge in [-0.3, -0.25) is 0 Å². The highest BCUT2D eigenvalue weighted by Crippen LogP contribution is 2.07. The molecule has 0 bridgehead atoms. The summed E-state index contributed by atoms with van der Waals surface area (Å²) in [7, 11) is 1.53. The summed E-state index contributed by atoms with van der Waals surface area (Å²) in [6.07, 6.45) is 0. The first kappa shape index (κ1) is 8.86. The van der Waals surface area contributed by atoms with Crippen LogP contribution in [-0.2, 0) is 0 Å². The largest absolute Gasteiger partial charge is 0.481 e. The summed E-state index contributed by atoms with van der Waals surface area (Å²) in [4.78, 5) is 8.26. The Morgan fingerprint density at radius 1 is 1.58 bits per heavy atom. The van der Waals surface area contributed by atoms with Crippen LogP contribution in [0.1, 0.15) is 11.5 Å². The van der Waals surface area contributed by atoms with Crippen molar-refractivity contribution in [3.05, 3.63) is 17.6 Å². The summed E-state index contributed by atoms with van der Waals surface area (Å²) in [5.74, 6) is 1.07. The maximum atomic E-state index is 5.39. The van der Waals surface area contributed by atoms with Gasteiger partial charge in [0, 0.05) is 6.07 Å². The minimum atomic E-state index is 0.249. The summed E-state index contributed by atoms with van der Waals surface area (Å²) >= 11 is 4.76. The second kappa shape index (κ2) is 3.44. The van der Waals surface area contributed by atoms with E-state index in [2.05, 4.69) is 9.97 Å². The fourth-order valence-corrected chi connectivity index (χ4v) is 0.876. The molecule has 0 aromatic carbocycles. The number of hydrogen-bond acceptors (Lipinski definition) is 4. The van der Waals surface area contributed by atoms with Crippen molar-refractivity contribution in [1.82, 2.24) is 9.97 Å². The summed E-state index contributed by atoms with van der Waals surface area (Å²) < 4.78 is 4.92. The van der Waals surface area contributed by atoms with Gasteiger partial charge in [0.25, 0.3) is 0 Å². The minimum Gasteiger partial charge on any atom is -0.481 e. The quantitative estimate of drug-likeness (QED) is 0.674. The highest BCUT2D eigenvalue weighted by atomic mass is 32.1. The van der Waals surface area contributed by atoms with Crippen molar-refractivity contribution >= 4 is 17.2 Å². The molecule has 1 aromatic heterocycles. The highest BCUT2D eigenvalue weighted by Gasteiger charge is 2.03. The third-order valence-electron chi connectivity index (χ3n) is 1.28. The topological polar surface area (TPSA) is 61.0 Å². The first-order valence-corrected chi connectivity index (χ1v) is 3.74. The molecule has 0 aliphatic rings. The Bertz CT molecular complexity index is 314. The van der Waals surface area contributed by atoms with E-state index < -0.39 is 0 Å². The van der Waals surface area contributed by atoms with Crippen molar-refractivity contribution in [3.8, 4) is 5.88 Å². The highest BCUT2D eigenvalue weighted by molar-refractivity contribution is 7.80. The van der Waals surface area contributed by atoms with Gasteiger partial charge in [-0.15, -0.1) is 0 Å². The summed E-state index contributed by atoms with van der Waals surface area (Å²) in [6, 6.07) is 1.61. The van der Waals surface area contributed by atoms with E-state index in [0.29, 0.717) is 17.4 Å². The average Bonchev–Trinajstić information content (AvgIpc) is 2.03. The molecular weight excluding hydrogens is 174 g/mol. The Labute approximate surface area is 75.8 Å². The molecule has 4 nitrogen and oxygen atoms in total. The molecule has 64 valence electrons. The number of hydrogen-bond donors (Lipinski definition) is 1. The van der Waals surface area contributed by atoms with Crippen LogP contribution in [0.4, 0.5) is 0 Å². The fraction of sp³-hybridized carbons (Fsp3) is 0.286. The van der Waals surface area contributed by atoms with Gasteiger partial charge in [-0.25, -0.2) is 4.98 Å². The molecule has 1 heterocycles. The van der Waals surface area contributed by atoms with E-state index >= 15 is 0 Å². The Hall–Kier alpha value is -1.23. The predicted octanol–water partition coefficient (Wildman–Crippen LogP) is 0.428. The van der Waals surface area contributed by atoms with Gasteiger partial charge in [-0.1, -0.05) is 12.2 Å². The Balaban J connectivity index is 3.15. The van der Waals surface area contributed by atoms with Crippen LogP contribution in [0.2, 0.25) is 0 Å². The third-order valence-corrected chi connectivity index (χ3v) is 1.49. The summed E-state index contributed by atoms with van der Waals surface area (Å²) in [6.45, 7) is 1.75. The average molecular weight is 183 g/mol. The molecule has 0 amide bonds. The van der Waals surface area contributed by atoms with E-state index in [1.165, 1.54) is 7.11 Å². The third kappa shape index (κ3) is 1.88. The molecule has 0 radical (unpaired) electrons. The number of rotatable bonds is 2. The predicted molar refractivity (Wildman–Crippen MR) is 49.2 cm³/mol. The Kier molecular flexibility index (Phi) is 2.54. The van der Waals surface area contributed by atoms with Gasteiger partial charge in [0.2, 0.25) is 5.88 Å². The number of methoxy groups -OCH3 is 1. The van der Waals surface area contributed by atoms with Crippen molar-refractivity contribution in [2.24, 2.45) is 5.73 Å². The molecule has 0 unspecified atom stereocenters. The zero-order valence-electron chi connectivity index (χ0n) is 6.87. The van der Waals surface area contributed by atoms with E-state index in [1.54, 1.807) is 13.0 Å². The molecule has 0 saturated heterocycles. The van der Waals surface area contributed by atoms with Crippen molar-refractivity contribution in [1.29, 1.82) is 0 Å². The van der Waals surface area contributed by atoms with E-state index in [-0.39, 0.29) is 4.99 Å². The van der Waals surface area contributed by atoms with Crippen molar-refractivity contribution in [3.63, 3.8) is 0 Å². The zero-order chi connectivity index (χ0) is 9.14. The Morgan fingerprint density at radius 2 is 2.25 bits per heavy atom. The second-order valence-electron chi connectivity index (χ2n) is 2.21. The molecule has 0 atom stereocenters. The van der Waals surface area contributed by atoms with E-state index in [4.69, 9.17) is 22.7 Å². The first-order chi connectivity index (χ1) is 5.63. The van der Waals surface area contributed by atoms with Gasteiger partial charge in [0.05, 0.1) is 7.11 Å². The van der Waals surface area contributed by atoms with Gasteiger partial charge in [0.1, 0.15) is 16.5 Å². The SMILES string of the molecule is COc1cc(C(N)=S)nc(C)n1. The second-order valence-corrected chi connectivity index (χ2v) is 2.65. The smallest absolute Gasteiger partial charge is 0.216 e. The molecule has 0 spiro atoms. The molecule has 2 N–H and O–H groups in total. The molecule has 0 aliphatic heterocycles. The molecule has 1 rings (SSSR count). The molecule has 0 aliphatic carbocycles. The van der Waals surface area contributed by atoms with Gasteiger partial charge in [-0.05, 0) is 6.92 Å². The Morgan fingerprint density at radius 3 is 2.75 bits per heavy atom. The van der Waals surface area contributed by atoms with E-state index in [1.807, 2.05) is 0 Å². The maximum Gasteiger partial charge on any atom is 0.216 e. The van der Waals surface area contributed by atoms with Crippen LogP contribution in [0, 0.1) is 6.92 Å². The van der Waals surface area contributed by atoms with E-state index in [9.17, 15) is 0 Å². The first-order valence-electron chi connectivity index (χ1n) is 3.33. The molecule has 1 aromatic rings. The lowest BCUT2D eigenvalue weighted by molar-refractivity contribution is 0.395. The van der Waals surface area contributed by atoms with Crippen LogP contribution in [0.3, 0.4) is 0 Å². The normalized spacial score (nSPS) is 9.50. The maximum absolute atomic E-state index is 5.39. The standard InChI is InChI=1S/C7H9N3OS/c1-4-9-5(7(8)12)3-6(10-4)11-2/h3H,1-2H3,(H2,8,12). The summed E-state index contributed by atoms with van der Waals surface area (Å²) in [5.41, 5.74) is 5.93. The fourth-order valence-electron chi connectivity index (χ4n) is 0.771. The van der Waals surface area contributed by atoms with Crippen molar-refractivity contribution in [2.45, 2.75) is 6.92 Å². The number of nitrogens with two attached hydrogens (primary N) is 1. The lowest BCUT2D eigenvalue weighted by Crippen LogP contribution is -2.13. The van der Waals surface area contributed by atoms with Crippen LogP contribution in [-0.4, -0.2) is 22.1 Å². The summed E-state index contributed by atoms with van der Waals surface area (Å²) in [5, 5.41) is 0. The van der Waals surface area contributed by atoms with Crippen LogP contribution in [0.5, 0.6) is 5.88 Å². The van der Waals surface area contributed by atoms with Crippen LogP contribution in [0.25, 0.3) is 0 Å². The van der Waals surface area contributed by atoms with Crippen LogP contribution < -0.4 is 10.5 Å². The molecule has 5 heteroatoms. The number of ether oxygens (including phenoxy) is 1. The van der Waals surface area contributed by atoms with Gasteiger partial charge in [-0.2, -0.15) is 4.98 Å². The van der Waals surface area contributed by atoms with Crippen molar-refractivity contribution in [2.75, 3.05) is 7.11 Å².